The monoisotopic (exact) mass is 355 g/mol. The highest BCUT2D eigenvalue weighted by Gasteiger charge is 2.22. The highest BCUT2D eigenvalue weighted by Crippen LogP contribution is 2.15. The predicted octanol–water partition coefficient (Wildman–Crippen LogP) is 0.565. The zero-order valence-electron chi connectivity index (χ0n) is 13.9. The van der Waals surface area contributed by atoms with Crippen LogP contribution in [0.2, 0.25) is 0 Å². The Morgan fingerprint density at radius 1 is 1.38 bits per heavy atom. The van der Waals surface area contributed by atoms with E-state index in [4.69, 9.17) is 10.5 Å². The summed E-state index contributed by atoms with van der Waals surface area (Å²) >= 11 is 0. The standard InChI is InChI=1S/C16H25N3O4S/c1-23-11-3-9-18-24(21,22)15-7-5-13(6-8-15)16(20)19-10-2-4-14(17)12-19/h5-8,14,18H,2-4,9-12,17H2,1H3/t14-/m0/s1. The molecule has 8 heteroatoms. The second-order valence-corrected chi connectivity index (χ2v) is 7.69. The molecule has 0 bridgehead atoms. The van der Waals surface area contributed by atoms with Crippen LogP contribution in [0.1, 0.15) is 29.6 Å². The van der Waals surface area contributed by atoms with Gasteiger partial charge < -0.3 is 15.4 Å². The number of hydrogen-bond donors (Lipinski definition) is 2. The summed E-state index contributed by atoms with van der Waals surface area (Å²) in [4.78, 5) is 14.3. The van der Waals surface area contributed by atoms with Crippen molar-refractivity contribution in [3.05, 3.63) is 29.8 Å². The molecule has 1 aliphatic heterocycles. The van der Waals surface area contributed by atoms with Gasteiger partial charge in [-0.25, -0.2) is 13.1 Å². The van der Waals surface area contributed by atoms with Gasteiger partial charge >= 0.3 is 0 Å². The number of likely N-dealkylation sites (tertiary alicyclic amines) is 1. The van der Waals surface area contributed by atoms with E-state index in [0.29, 0.717) is 38.2 Å². The molecule has 0 saturated carbocycles. The van der Waals surface area contributed by atoms with Crippen molar-refractivity contribution in [3.63, 3.8) is 0 Å². The van der Waals surface area contributed by atoms with Crippen LogP contribution < -0.4 is 10.5 Å². The summed E-state index contributed by atoms with van der Waals surface area (Å²) in [7, 11) is -2.00. The molecular weight excluding hydrogens is 330 g/mol. The number of amides is 1. The maximum Gasteiger partial charge on any atom is 0.253 e. The molecule has 1 fully saturated rings. The van der Waals surface area contributed by atoms with E-state index in [0.717, 1.165) is 12.8 Å². The summed E-state index contributed by atoms with van der Waals surface area (Å²) in [5.74, 6) is -0.109. The second kappa shape index (κ2) is 8.57. The fourth-order valence-electron chi connectivity index (χ4n) is 2.66. The van der Waals surface area contributed by atoms with Crippen molar-refractivity contribution in [2.24, 2.45) is 5.73 Å². The molecule has 1 heterocycles. The molecule has 24 heavy (non-hydrogen) atoms. The Labute approximate surface area is 143 Å². The number of nitrogens with one attached hydrogen (secondary N) is 1. The minimum absolute atomic E-state index is 0.0126. The first-order chi connectivity index (χ1) is 11.4. The molecule has 134 valence electrons. The number of ether oxygens (including phenoxy) is 1. The van der Waals surface area contributed by atoms with Crippen molar-refractivity contribution in [2.45, 2.75) is 30.2 Å². The Morgan fingerprint density at radius 3 is 2.71 bits per heavy atom. The quantitative estimate of drug-likeness (QED) is 0.696. The number of carbonyl (C=O) groups excluding carboxylic acids is 1. The lowest BCUT2D eigenvalue weighted by Crippen LogP contribution is -2.45. The van der Waals surface area contributed by atoms with Crippen LogP contribution in [0.5, 0.6) is 0 Å². The number of piperidine rings is 1. The topological polar surface area (TPSA) is 102 Å². The van der Waals surface area contributed by atoms with Gasteiger partial charge in [0, 0.05) is 45.0 Å². The minimum atomic E-state index is -3.57. The number of methoxy groups -OCH3 is 1. The van der Waals surface area contributed by atoms with Crippen molar-refractivity contribution in [3.8, 4) is 0 Å². The molecule has 1 aromatic carbocycles. The van der Waals surface area contributed by atoms with Crippen LogP contribution in [0.15, 0.2) is 29.2 Å². The molecule has 0 radical (unpaired) electrons. The molecule has 1 aromatic rings. The van der Waals surface area contributed by atoms with Crippen LogP contribution in [-0.4, -0.2) is 58.6 Å². The third-order valence-electron chi connectivity index (χ3n) is 3.97. The zero-order valence-corrected chi connectivity index (χ0v) is 14.7. The van der Waals surface area contributed by atoms with Gasteiger partial charge in [-0.3, -0.25) is 4.79 Å². The third kappa shape index (κ3) is 5.01. The van der Waals surface area contributed by atoms with E-state index < -0.39 is 10.0 Å². The molecule has 0 spiro atoms. The number of sulfonamides is 1. The first-order valence-corrected chi connectivity index (χ1v) is 9.56. The molecule has 0 aromatic heterocycles. The second-order valence-electron chi connectivity index (χ2n) is 5.92. The SMILES string of the molecule is COCCCNS(=O)(=O)c1ccc(C(=O)N2CCC[C@H](N)C2)cc1. The van der Waals surface area contributed by atoms with Crippen molar-refractivity contribution in [1.82, 2.24) is 9.62 Å². The van der Waals surface area contributed by atoms with Gasteiger partial charge in [0.2, 0.25) is 10.0 Å². The van der Waals surface area contributed by atoms with Crippen LogP contribution in [0.4, 0.5) is 0 Å². The van der Waals surface area contributed by atoms with Crippen molar-refractivity contribution in [1.29, 1.82) is 0 Å². The summed E-state index contributed by atoms with van der Waals surface area (Å²) in [5, 5.41) is 0. The fraction of sp³-hybridized carbons (Fsp3) is 0.562. The Morgan fingerprint density at radius 2 is 2.08 bits per heavy atom. The van der Waals surface area contributed by atoms with Crippen molar-refractivity contribution in [2.75, 3.05) is 33.4 Å². The van der Waals surface area contributed by atoms with Gasteiger partial charge in [-0.15, -0.1) is 0 Å². The zero-order chi connectivity index (χ0) is 17.6. The lowest BCUT2D eigenvalue weighted by atomic mass is 10.1. The van der Waals surface area contributed by atoms with Gasteiger partial charge in [0.15, 0.2) is 0 Å². The highest BCUT2D eigenvalue weighted by atomic mass is 32.2. The van der Waals surface area contributed by atoms with Gasteiger partial charge in [0.05, 0.1) is 4.90 Å². The minimum Gasteiger partial charge on any atom is -0.385 e. The fourth-order valence-corrected chi connectivity index (χ4v) is 3.73. The van der Waals surface area contributed by atoms with Gasteiger partial charge in [-0.2, -0.15) is 0 Å². The number of nitrogens with two attached hydrogens (primary N) is 1. The summed E-state index contributed by atoms with van der Waals surface area (Å²) in [6.07, 6.45) is 2.42. The molecule has 1 amide bonds. The molecule has 3 N–H and O–H groups in total. The van der Waals surface area contributed by atoms with Gasteiger partial charge in [-0.05, 0) is 43.5 Å². The normalized spacial score (nSPS) is 18.6. The first-order valence-electron chi connectivity index (χ1n) is 8.07. The van der Waals surface area contributed by atoms with E-state index in [1.165, 1.54) is 12.1 Å². The lowest BCUT2D eigenvalue weighted by Gasteiger charge is -2.30. The molecule has 7 nitrogen and oxygen atoms in total. The summed E-state index contributed by atoms with van der Waals surface area (Å²) in [6, 6.07) is 6.02. The van der Waals surface area contributed by atoms with E-state index in [9.17, 15) is 13.2 Å². The Bertz CT molecular complexity index is 646. The Balaban J connectivity index is 2.00. The Hall–Kier alpha value is -1.48. The maximum atomic E-state index is 12.4. The molecule has 0 unspecified atom stereocenters. The number of carbonyl (C=O) groups is 1. The molecule has 1 aliphatic rings. The average Bonchev–Trinajstić information content (AvgIpc) is 2.58. The third-order valence-corrected chi connectivity index (χ3v) is 5.45. The first kappa shape index (κ1) is 18.9. The number of nitrogens with zero attached hydrogens (tertiary/aromatic N) is 1. The smallest absolute Gasteiger partial charge is 0.253 e. The van der Waals surface area contributed by atoms with Crippen LogP contribution in [-0.2, 0) is 14.8 Å². The number of rotatable bonds is 7. The molecule has 1 saturated heterocycles. The van der Waals surface area contributed by atoms with E-state index in [1.807, 2.05) is 0 Å². The largest absolute Gasteiger partial charge is 0.385 e. The van der Waals surface area contributed by atoms with E-state index in [1.54, 1.807) is 24.1 Å². The maximum absolute atomic E-state index is 12.4. The van der Waals surface area contributed by atoms with E-state index in [-0.39, 0.29) is 16.8 Å². The highest BCUT2D eigenvalue weighted by molar-refractivity contribution is 7.89. The van der Waals surface area contributed by atoms with Gasteiger partial charge in [-0.1, -0.05) is 0 Å². The van der Waals surface area contributed by atoms with Crippen LogP contribution in [0.25, 0.3) is 0 Å². The van der Waals surface area contributed by atoms with Gasteiger partial charge in [0.25, 0.3) is 5.91 Å². The predicted molar refractivity (Wildman–Crippen MR) is 91.2 cm³/mol. The van der Waals surface area contributed by atoms with E-state index in [2.05, 4.69) is 4.72 Å². The van der Waals surface area contributed by atoms with E-state index >= 15 is 0 Å². The summed E-state index contributed by atoms with van der Waals surface area (Å²) < 4.78 is 31.7. The van der Waals surface area contributed by atoms with Crippen LogP contribution in [0.3, 0.4) is 0 Å². The van der Waals surface area contributed by atoms with Crippen LogP contribution >= 0.6 is 0 Å². The Kier molecular flexibility index (Phi) is 6.73. The molecule has 0 aliphatic carbocycles. The van der Waals surface area contributed by atoms with Gasteiger partial charge in [0.1, 0.15) is 0 Å². The molecule has 2 rings (SSSR count). The number of hydrogen-bond acceptors (Lipinski definition) is 5. The molecule has 1 atom stereocenters. The summed E-state index contributed by atoms with van der Waals surface area (Å²) in [6.45, 7) is 2.03. The van der Waals surface area contributed by atoms with Crippen LogP contribution in [0, 0.1) is 0 Å². The van der Waals surface area contributed by atoms with Crippen molar-refractivity contribution < 1.29 is 17.9 Å². The average molecular weight is 355 g/mol. The van der Waals surface area contributed by atoms with Crippen molar-refractivity contribution >= 4 is 15.9 Å². The summed E-state index contributed by atoms with van der Waals surface area (Å²) in [5.41, 5.74) is 6.37. The lowest BCUT2D eigenvalue weighted by molar-refractivity contribution is 0.0708. The molecular formula is C16H25N3O4S. The number of benzene rings is 1.